The number of nitrogens with zero attached hydrogens (tertiary/aromatic N) is 4. The summed E-state index contributed by atoms with van der Waals surface area (Å²) in [6.45, 7) is 0. The van der Waals surface area contributed by atoms with Crippen LogP contribution in [0.1, 0.15) is 48.9 Å². The van der Waals surface area contributed by atoms with Crippen molar-refractivity contribution in [3.8, 4) is 17.2 Å². The Kier molecular flexibility index (Phi) is 3.60. The average molecular weight is 349 g/mol. The lowest BCUT2D eigenvalue weighted by Crippen LogP contribution is -2.36. The lowest BCUT2D eigenvalue weighted by atomic mass is 9.80. The van der Waals surface area contributed by atoms with Gasteiger partial charge in [-0.25, -0.2) is 4.39 Å². The molecule has 0 radical (unpaired) electrons. The second kappa shape index (κ2) is 5.99. The summed E-state index contributed by atoms with van der Waals surface area (Å²) in [5.74, 6) is 1.89. The SMILES string of the molecule is NC1CC(c2nnc(-c3ccc(C4CC4)cn3)n2-c2ccccc2F)C1. The molecule has 0 aliphatic heterocycles. The van der Waals surface area contributed by atoms with Gasteiger partial charge in [-0.1, -0.05) is 18.2 Å². The van der Waals surface area contributed by atoms with Gasteiger partial charge in [-0.15, -0.1) is 10.2 Å². The Balaban J connectivity index is 1.61. The van der Waals surface area contributed by atoms with Crippen molar-refractivity contribution < 1.29 is 4.39 Å². The van der Waals surface area contributed by atoms with Crippen LogP contribution < -0.4 is 5.73 Å². The van der Waals surface area contributed by atoms with E-state index in [-0.39, 0.29) is 17.8 Å². The van der Waals surface area contributed by atoms with Crippen molar-refractivity contribution in [1.82, 2.24) is 19.7 Å². The van der Waals surface area contributed by atoms with E-state index in [4.69, 9.17) is 5.73 Å². The molecule has 26 heavy (non-hydrogen) atoms. The number of hydrogen-bond donors (Lipinski definition) is 1. The average Bonchev–Trinajstić information content (AvgIpc) is 3.39. The quantitative estimate of drug-likeness (QED) is 0.782. The summed E-state index contributed by atoms with van der Waals surface area (Å²) in [7, 11) is 0. The first-order chi connectivity index (χ1) is 12.7. The minimum Gasteiger partial charge on any atom is -0.328 e. The highest BCUT2D eigenvalue weighted by molar-refractivity contribution is 5.55. The highest BCUT2D eigenvalue weighted by Gasteiger charge is 2.33. The van der Waals surface area contributed by atoms with Crippen LogP contribution in [0.3, 0.4) is 0 Å². The van der Waals surface area contributed by atoms with Crippen LogP contribution in [0.15, 0.2) is 42.6 Å². The maximum absolute atomic E-state index is 14.5. The molecule has 2 saturated carbocycles. The molecule has 5 rings (SSSR count). The highest BCUT2D eigenvalue weighted by atomic mass is 19.1. The molecule has 132 valence electrons. The van der Waals surface area contributed by atoms with Crippen molar-refractivity contribution in [3.05, 3.63) is 59.8 Å². The van der Waals surface area contributed by atoms with Gasteiger partial charge in [-0.05, 0) is 55.4 Å². The van der Waals surface area contributed by atoms with Gasteiger partial charge in [0.15, 0.2) is 5.82 Å². The van der Waals surface area contributed by atoms with Gasteiger partial charge in [0.05, 0.1) is 5.69 Å². The highest BCUT2D eigenvalue weighted by Crippen LogP contribution is 2.40. The third-order valence-corrected chi connectivity index (χ3v) is 5.39. The van der Waals surface area contributed by atoms with Gasteiger partial charge in [0.1, 0.15) is 17.3 Å². The lowest BCUT2D eigenvalue weighted by Gasteiger charge is -2.31. The summed E-state index contributed by atoms with van der Waals surface area (Å²) in [5.41, 5.74) is 8.37. The molecule has 2 aliphatic rings. The van der Waals surface area contributed by atoms with E-state index in [2.05, 4.69) is 21.2 Å². The normalized spacial score (nSPS) is 22.2. The predicted octanol–water partition coefficient (Wildman–Crippen LogP) is 3.55. The van der Waals surface area contributed by atoms with Crippen LogP contribution in [0.2, 0.25) is 0 Å². The molecule has 5 nitrogen and oxygen atoms in total. The minimum atomic E-state index is -0.298. The summed E-state index contributed by atoms with van der Waals surface area (Å²) >= 11 is 0. The standard InChI is InChI=1S/C20H20FN5/c21-16-3-1-2-4-18(16)26-19(14-9-15(22)10-14)24-25-20(26)17-8-7-13(11-23-17)12-5-6-12/h1-4,7-8,11-12,14-15H,5-6,9-10,22H2. The maximum Gasteiger partial charge on any atom is 0.187 e. The minimum absolute atomic E-state index is 0.185. The molecular weight excluding hydrogens is 329 g/mol. The van der Waals surface area contributed by atoms with Crippen LogP contribution in [-0.2, 0) is 0 Å². The Bertz CT molecular complexity index is 939. The van der Waals surface area contributed by atoms with Crippen molar-refractivity contribution in [1.29, 1.82) is 0 Å². The number of benzene rings is 1. The second-order valence-corrected chi connectivity index (χ2v) is 7.35. The fourth-order valence-corrected chi connectivity index (χ4v) is 3.67. The lowest BCUT2D eigenvalue weighted by molar-refractivity contribution is 0.334. The predicted molar refractivity (Wildman–Crippen MR) is 96.5 cm³/mol. The molecule has 2 N–H and O–H groups in total. The van der Waals surface area contributed by atoms with Crippen molar-refractivity contribution >= 4 is 0 Å². The molecule has 3 aromatic rings. The Labute approximate surface area is 151 Å². The van der Waals surface area contributed by atoms with E-state index in [1.807, 2.05) is 22.9 Å². The van der Waals surface area contributed by atoms with E-state index in [9.17, 15) is 4.39 Å². The molecule has 2 fully saturated rings. The second-order valence-electron chi connectivity index (χ2n) is 7.35. The largest absolute Gasteiger partial charge is 0.328 e. The van der Waals surface area contributed by atoms with Crippen LogP contribution in [0.5, 0.6) is 0 Å². The monoisotopic (exact) mass is 349 g/mol. The first-order valence-corrected chi connectivity index (χ1v) is 9.13. The van der Waals surface area contributed by atoms with Crippen LogP contribution >= 0.6 is 0 Å². The molecule has 2 aromatic heterocycles. The van der Waals surface area contributed by atoms with Gasteiger partial charge in [0.2, 0.25) is 0 Å². The number of hydrogen-bond acceptors (Lipinski definition) is 4. The van der Waals surface area contributed by atoms with Crippen LogP contribution in [-0.4, -0.2) is 25.8 Å². The number of aromatic nitrogens is 4. The molecule has 2 aliphatic carbocycles. The molecule has 1 aromatic carbocycles. The van der Waals surface area contributed by atoms with Gasteiger partial charge >= 0.3 is 0 Å². The molecule has 0 bridgehead atoms. The zero-order valence-electron chi connectivity index (χ0n) is 14.3. The van der Waals surface area contributed by atoms with Gasteiger partial charge in [0.25, 0.3) is 0 Å². The van der Waals surface area contributed by atoms with E-state index in [0.29, 0.717) is 23.1 Å². The molecule has 0 saturated heterocycles. The number of nitrogens with two attached hydrogens (primary N) is 1. The van der Waals surface area contributed by atoms with E-state index in [0.717, 1.165) is 18.7 Å². The molecule has 0 atom stereocenters. The molecule has 6 heteroatoms. The maximum atomic E-state index is 14.5. The zero-order valence-corrected chi connectivity index (χ0v) is 14.3. The molecule has 0 unspecified atom stereocenters. The third-order valence-electron chi connectivity index (χ3n) is 5.39. The van der Waals surface area contributed by atoms with Crippen molar-refractivity contribution in [2.24, 2.45) is 5.73 Å². The number of pyridine rings is 1. The molecule has 0 amide bonds. The number of halogens is 1. The van der Waals surface area contributed by atoms with Crippen LogP contribution in [0.25, 0.3) is 17.2 Å². The first-order valence-electron chi connectivity index (χ1n) is 9.13. The van der Waals surface area contributed by atoms with E-state index >= 15 is 0 Å². The first kappa shape index (κ1) is 15.6. The van der Waals surface area contributed by atoms with E-state index in [1.165, 1.54) is 24.5 Å². The number of para-hydroxylation sites is 1. The van der Waals surface area contributed by atoms with Crippen LogP contribution in [0.4, 0.5) is 4.39 Å². The Morgan fingerprint density at radius 2 is 1.81 bits per heavy atom. The molecule has 0 spiro atoms. The topological polar surface area (TPSA) is 69.6 Å². The summed E-state index contributed by atoms with van der Waals surface area (Å²) in [6, 6.07) is 11.0. The third kappa shape index (κ3) is 2.61. The van der Waals surface area contributed by atoms with Gasteiger partial charge < -0.3 is 5.73 Å². The summed E-state index contributed by atoms with van der Waals surface area (Å²) in [6.07, 6.45) is 6.07. The summed E-state index contributed by atoms with van der Waals surface area (Å²) < 4.78 is 16.4. The molecular formula is C20H20FN5. The van der Waals surface area contributed by atoms with Crippen molar-refractivity contribution in [3.63, 3.8) is 0 Å². The van der Waals surface area contributed by atoms with Gasteiger partial charge in [-0.3, -0.25) is 9.55 Å². The Hall–Kier alpha value is -2.60. The Morgan fingerprint density at radius 3 is 2.46 bits per heavy atom. The van der Waals surface area contributed by atoms with Gasteiger partial charge in [0, 0.05) is 18.2 Å². The summed E-state index contributed by atoms with van der Waals surface area (Å²) in [5, 5.41) is 8.75. The fraction of sp³-hybridized carbons (Fsp3) is 0.350. The molecule has 2 heterocycles. The zero-order chi connectivity index (χ0) is 17.7. The van der Waals surface area contributed by atoms with Gasteiger partial charge in [-0.2, -0.15) is 0 Å². The van der Waals surface area contributed by atoms with Crippen molar-refractivity contribution in [2.45, 2.75) is 43.6 Å². The van der Waals surface area contributed by atoms with Crippen LogP contribution in [0, 0.1) is 5.82 Å². The van der Waals surface area contributed by atoms with Crippen molar-refractivity contribution in [2.75, 3.05) is 0 Å². The van der Waals surface area contributed by atoms with E-state index in [1.54, 1.807) is 12.1 Å². The smallest absolute Gasteiger partial charge is 0.187 e. The fourth-order valence-electron chi connectivity index (χ4n) is 3.67. The Morgan fingerprint density at radius 1 is 1.00 bits per heavy atom. The summed E-state index contributed by atoms with van der Waals surface area (Å²) in [4.78, 5) is 4.59. The number of rotatable bonds is 4. The van der Waals surface area contributed by atoms with E-state index < -0.39 is 0 Å².